The maximum absolute atomic E-state index is 15.4. The molecule has 5 amide bonds. The molecule has 2 aromatic heterocycles. The van der Waals surface area contributed by atoms with Crippen LogP contribution in [0.5, 0.6) is 0 Å². The van der Waals surface area contributed by atoms with E-state index in [-0.39, 0.29) is 125 Å². The number of fused-ring (bicyclic) bond motifs is 5. The third-order valence-electron chi connectivity index (χ3n) is 14.8. The van der Waals surface area contributed by atoms with Gasteiger partial charge in [-0.05, 0) is 86.7 Å². The average molecular weight is 1040 g/mol. The van der Waals surface area contributed by atoms with Crippen molar-refractivity contribution in [3.63, 3.8) is 0 Å². The van der Waals surface area contributed by atoms with E-state index in [0.29, 0.717) is 78.5 Å². The molecular weight excluding hydrogens is 982 g/mol. The van der Waals surface area contributed by atoms with Crippen molar-refractivity contribution in [2.45, 2.75) is 122 Å². The number of carbonyl (C=O) groups is 9. The molecule has 5 heterocycles. The molecule has 3 atom stereocenters. The molecule has 20 heteroatoms. The van der Waals surface area contributed by atoms with Crippen LogP contribution in [-0.4, -0.2) is 105 Å². The molecule has 8 rings (SSSR count). The SMILES string of the molecule is CC[C@@]1(O)C(=O)OCc2c1cc1n(c2=O)Cc2c-1nc1cc(F)c(C)c3c1c2[C@@H](NC(=O)CNCCCC(=O)CNC(=O)[C@@H](CC(=O)CNC(=O)CCC(=O)CCCCCN1C(=O)C=CC1=O)Cc1ccccc1)CC3. The number of aromatic nitrogens is 2. The molecule has 4 aromatic rings. The zero-order chi connectivity index (χ0) is 54.3. The minimum atomic E-state index is -2.03. The number of carbonyl (C=O) groups excluding carboxylic acids is 9. The summed E-state index contributed by atoms with van der Waals surface area (Å²) in [5.74, 6) is -4.92. The first-order valence-electron chi connectivity index (χ1n) is 26.0. The molecule has 0 saturated heterocycles. The summed E-state index contributed by atoms with van der Waals surface area (Å²) in [5, 5.41) is 23.5. The largest absolute Gasteiger partial charge is 0.458 e. The lowest BCUT2D eigenvalue weighted by molar-refractivity contribution is -0.172. The summed E-state index contributed by atoms with van der Waals surface area (Å²) in [7, 11) is 0. The van der Waals surface area contributed by atoms with E-state index in [0.717, 1.165) is 21.6 Å². The Hall–Kier alpha value is -7.58. The first kappa shape index (κ1) is 54.7. The number of cyclic esters (lactones) is 1. The topological polar surface area (TPSA) is 269 Å². The Balaban J connectivity index is 0.787. The van der Waals surface area contributed by atoms with E-state index in [1.807, 2.05) is 18.2 Å². The molecule has 0 spiro atoms. The minimum Gasteiger partial charge on any atom is -0.458 e. The molecule has 3 aliphatic heterocycles. The third-order valence-corrected chi connectivity index (χ3v) is 14.8. The van der Waals surface area contributed by atoms with Crippen molar-refractivity contribution in [2.75, 3.05) is 32.7 Å². The van der Waals surface area contributed by atoms with Gasteiger partial charge in [0.15, 0.2) is 17.2 Å². The van der Waals surface area contributed by atoms with Gasteiger partial charge in [0, 0.05) is 79.3 Å². The van der Waals surface area contributed by atoms with Gasteiger partial charge in [-0.15, -0.1) is 0 Å². The van der Waals surface area contributed by atoms with Gasteiger partial charge in [-0.25, -0.2) is 14.2 Å². The van der Waals surface area contributed by atoms with Gasteiger partial charge >= 0.3 is 5.97 Å². The highest BCUT2D eigenvalue weighted by molar-refractivity contribution is 6.12. The first-order valence-corrected chi connectivity index (χ1v) is 26.0. The summed E-state index contributed by atoms with van der Waals surface area (Å²) in [5.41, 5.74) is 2.40. The van der Waals surface area contributed by atoms with Crippen molar-refractivity contribution in [3.05, 3.63) is 110 Å². The number of hydrogen-bond acceptors (Lipinski definition) is 14. The molecule has 19 nitrogen and oxygen atoms in total. The molecule has 2 aromatic carbocycles. The number of nitrogens with one attached hydrogen (secondary N) is 4. The number of Topliss-reactive ketones (excluding diaryl/α,β-unsaturated/α-hetero) is 3. The number of ketones is 3. The molecular formula is C56H62FN7O12. The van der Waals surface area contributed by atoms with E-state index in [2.05, 4.69) is 21.3 Å². The zero-order valence-corrected chi connectivity index (χ0v) is 42.7. The molecule has 76 heavy (non-hydrogen) atoms. The van der Waals surface area contributed by atoms with Crippen LogP contribution in [0.2, 0.25) is 0 Å². The second kappa shape index (κ2) is 24.0. The van der Waals surface area contributed by atoms with E-state index >= 15 is 4.39 Å². The number of aliphatic hydroxyl groups is 1. The highest BCUT2D eigenvalue weighted by atomic mass is 19.1. The van der Waals surface area contributed by atoms with Gasteiger partial charge in [0.25, 0.3) is 17.4 Å². The van der Waals surface area contributed by atoms with Crippen molar-refractivity contribution in [1.82, 2.24) is 35.7 Å². The average Bonchev–Trinajstić information content (AvgIpc) is 3.94. The zero-order valence-electron chi connectivity index (χ0n) is 42.7. The fourth-order valence-electron chi connectivity index (χ4n) is 10.6. The number of esters is 1. The number of rotatable bonds is 26. The molecule has 0 saturated carbocycles. The lowest BCUT2D eigenvalue weighted by atomic mass is 9.81. The summed E-state index contributed by atoms with van der Waals surface area (Å²) in [6.45, 7) is 2.99. The number of ether oxygens (including phenoxy) is 1. The standard InChI is InChI=1S/C56H62FN7O12/c1-3-56(75)41-25-45-52-39(30-64(45)54(73)40(41)31-76-55(56)74)51-43(17-16-38-32(2)42(57)26-44(62-52)50(38)51)61-47(69)29-58-21-10-14-36(66)27-60-53(72)34(23-33-11-6-4-7-12-33)24-37(67)28-59-46(68)18-15-35(65)13-8-5-9-22-63-48(70)19-20-49(63)71/h4,6-7,11-12,19-20,25-26,34,43,58,75H,3,5,8-10,13-18,21-24,27-31H2,1-2H3,(H,59,68)(H,60,72)(H,61,69)/t34-,43+,56+/m1/s1. The number of hydrogen-bond donors (Lipinski definition) is 5. The van der Waals surface area contributed by atoms with Crippen molar-refractivity contribution in [2.24, 2.45) is 5.92 Å². The summed E-state index contributed by atoms with van der Waals surface area (Å²) in [6, 6.07) is 11.5. The first-order chi connectivity index (χ1) is 36.5. The van der Waals surface area contributed by atoms with Gasteiger partial charge in [0.2, 0.25) is 17.7 Å². The number of aryl methyl sites for hydroxylation is 1. The molecule has 5 N–H and O–H groups in total. The fraction of sp³-hybridized carbons (Fsp3) is 0.446. The van der Waals surface area contributed by atoms with Crippen molar-refractivity contribution >= 4 is 63.8 Å². The van der Waals surface area contributed by atoms with Gasteiger partial charge in [0.05, 0.1) is 54.7 Å². The van der Waals surface area contributed by atoms with E-state index in [4.69, 9.17) is 9.72 Å². The normalized spacial score (nSPS) is 17.4. The van der Waals surface area contributed by atoms with Gasteiger partial charge in [-0.3, -0.25) is 48.1 Å². The quantitative estimate of drug-likeness (QED) is 0.0302. The van der Waals surface area contributed by atoms with Crippen molar-refractivity contribution in [3.8, 4) is 11.4 Å². The van der Waals surface area contributed by atoms with Crippen LogP contribution in [0.1, 0.15) is 123 Å². The molecule has 0 fully saturated rings. The number of pyridine rings is 2. The number of nitrogens with zero attached hydrogens (tertiary/aromatic N) is 3. The van der Waals surface area contributed by atoms with Crippen LogP contribution in [0.15, 0.2) is 59.4 Å². The third kappa shape index (κ3) is 12.1. The lowest BCUT2D eigenvalue weighted by Crippen LogP contribution is -2.44. The fourth-order valence-corrected chi connectivity index (χ4v) is 10.6. The Morgan fingerprint density at radius 1 is 0.842 bits per heavy atom. The molecule has 0 radical (unpaired) electrons. The predicted molar refractivity (Wildman–Crippen MR) is 273 cm³/mol. The van der Waals surface area contributed by atoms with Crippen LogP contribution >= 0.6 is 0 Å². The summed E-state index contributed by atoms with van der Waals surface area (Å²) < 4.78 is 22.1. The second-order valence-electron chi connectivity index (χ2n) is 19.9. The van der Waals surface area contributed by atoms with E-state index in [9.17, 15) is 53.1 Å². The molecule has 0 bridgehead atoms. The Labute approximate surface area is 437 Å². The number of unbranched alkanes of at least 4 members (excludes halogenated alkanes) is 2. The van der Waals surface area contributed by atoms with Gasteiger partial charge in [-0.1, -0.05) is 43.7 Å². The summed E-state index contributed by atoms with van der Waals surface area (Å²) >= 11 is 0. The van der Waals surface area contributed by atoms with Crippen molar-refractivity contribution < 1.29 is 57.4 Å². The predicted octanol–water partition coefficient (Wildman–Crippen LogP) is 3.45. The smallest absolute Gasteiger partial charge is 0.343 e. The van der Waals surface area contributed by atoms with Crippen LogP contribution in [0.4, 0.5) is 4.39 Å². The van der Waals surface area contributed by atoms with Crippen LogP contribution in [0, 0.1) is 18.7 Å². The maximum Gasteiger partial charge on any atom is 0.343 e. The Morgan fingerprint density at radius 3 is 2.33 bits per heavy atom. The maximum atomic E-state index is 15.4. The summed E-state index contributed by atoms with van der Waals surface area (Å²) in [4.78, 5) is 134. The van der Waals surface area contributed by atoms with E-state index in [1.165, 1.54) is 22.8 Å². The molecule has 400 valence electrons. The van der Waals surface area contributed by atoms with Crippen LogP contribution < -0.4 is 26.8 Å². The highest BCUT2D eigenvalue weighted by Gasteiger charge is 2.46. The highest BCUT2D eigenvalue weighted by Crippen LogP contribution is 2.46. The lowest BCUT2D eigenvalue weighted by Gasteiger charge is -2.31. The van der Waals surface area contributed by atoms with E-state index in [1.54, 1.807) is 32.0 Å². The Morgan fingerprint density at radius 2 is 1.58 bits per heavy atom. The Kier molecular flexibility index (Phi) is 17.2. The Bertz CT molecular complexity index is 3100. The van der Waals surface area contributed by atoms with Gasteiger partial charge < -0.3 is 35.7 Å². The van der Waals surface area contributed by atoms with Gasteiger partial charge in [0.1, 0.15) is 18.2 Å². The number of imide groups is 1. The number of amides is 5. The van der Waals surface area contributed by atoms with E-state index < -0.39 is 52.5 Å². The summed E-state index contributed by atoms with van der Waals surface area (Å²) in [6.07, 6.45) is 5.62. The van der Waals surface area contributed by atoms with Crippen LogP contribution in [-0.2, 0) is 79.5 Å². The number of benzene rings is 2. The second-order valence-corrected chi connectivity index (χ2v) is 19.9. The molecule has 1 aliphatic carbocycles. The molecule has 0 unspecified atom stereocenters. The van der Waals surface area contributed by atoms with Crippen molar-refractivity contribution in [1.29, 1.82) is 0 Å². The number of halogens is 1. The minimum absolute atomic E-state index is 0.00895. The monoisotopic (exact) mass is 1040 g/mol. The van der Waals surface area contributed by atoms with Gasteiger partial charge in [-0.2, -0.15) is 0 Å². The van der Waals surface area contributed by atoms with Crippen LogP contribution in [0.3, 0.4) is 0 Å². The molecule has 4 aliphatic rings. The van der Waals surface area contributed by atoms with Crippen LogP contribution in [0.25, 0.3) is 22.3 Å².